The SMILES string of the molecule is NCCn1ncc2c(N3CCN(c4ncccn4)CC3)ncnc21. The third-order valence-electron chi connectivity index (χ3n) is 4.17. The molecule has 4 heterocycles. The van der Waals surface area contributed by atoms with Crippen molar-refractivity contribution in [1.82, 2.24) is 29.7 Å². The van der Waals surface area contributed by atoms with Crippen molar-refractivity contribution in [3.8, 4) is 0 Å². The maximum absolute atomic E-state index is 5.63. The standard InChI is InChI=1S/C15H19N9/c16-2-5-24-14-12(10-21-24)13(19-11-20-14)22-6-8-23(9-7-22)15-17-3-1-4-18-15/h1,3-4,10-11H,2,5-9,16H2. The van der Waals surface area contributed by atoms with Gasteiger partial charge in [0, 0.05) is 45.1 Å². The molecule has 9 heteroatoms. The molecule has 0 atom stereocenters. The molecule has 3 aromatic rings. The van der Waals surface area contributed by atoms with Crippen LogP contribution < -0.4 is 15.5 Å². The van der Waals surface area contributed by atoms with Crippen LogP contribution >= 0.6 is 0 Å². The predicted molar refractivity (Wildman–Crippen MR) is 90.8 cm³/mol. The minimum Gasteiger partial charge on any atom is -0.352 e. The second-order valence-electron chi connectivity index (χ2n) is 5.61. The van der Waals surface area contributed by atoms with E-state index in [-0.39, 0.29) is 0 Å². The van der Waals surface area contributed by atoms with Gasteiger partial charge in [-0.2, -0.15) is 5.10 Å². The zero-order chi connectivity index (χ0) is 16.4. The fraction of sp³-hybridized carbons (Fsp3) is 0.400. The monoisotopic (exact) mass is 325 g/mol. The lowest BCUT2D eigenvalue weighted by Gasteiger charge is -2.35. The Morgan fingerprint density at radius 2 is 1.71 bits per heavy atom. The minimum atomic E-state index is 0.534. The van der Waals surface area contributed by atoms with E-state index >= 15 is 0 Å². The Morgan fingerprint density at radius 3 is 2.46 bits per heavy atom. The van der Waals surface area contributed by atoms with E-state index < -0.39 is 0 Å². The molecule has 124 valence electrons. The first-order valence-electron chi connectivity index (χ1n) is 8.00. The van der Waals surface area contributed by atoms with Crippen molar-refractivity contribution >= 4 is 22.8 Å². The molecule has 0 spiro atoms. The molecule has 1 fully saturated rings. The molecule has 4 rings (SSSR count). The zero-order valence-electron chi connectivity index (χ0n) is 13.3. The van der Waals surface area contributed by atoms with E-state index in [1.165, 1.54) is 0 Å². The first kappa shape index (κ1) is 14.8. The third-order valence-corrected chi connectivity index (χ3v) is 4.17. The first-order chi connectivity index (χ1) is 11.9. The molecule has 0 bridgehead atoms. The maximum Gasteiger partial charge on any atom is 0.225 e. The van der Waals surface area contributed by atoms with Crippen molar-refractivity contribution in [2.24, 2.45) is 5.73 Å². The number of anilines is 2. The Balaban J connectivity index is 1.54. The van der Waals surface area contributed by atoms with E-state index in [1.807, 2.05) is 16.9 Å². The third kappa shape index (κ3) is 2.62. The summed E-state index contributed by atoms with van der Waals surface area (Å²) >= 11 is 0. The van der Waals surface area contributed by atoms with Gasteiger partial charge >= 0.3 is 0 Å². The lowest BCUT2D eigenvalue weighted by molar-refractivity contribution is 0.633. The smallest absolute Gasteiger partial charge is 0.225 e. The lowest BCUT2D eigenvalue weighted by atomic mass is 10.3. The van der Waals surface area contributed by atoms with E-state index in [9.17, 15) is 0 Å². The van der Waals surface area contributed by atoms with Crippen molar-refractivity contribution in [3.05, 3.63) is 31.0 Å². The van der Waals surface area contributed by atoms with Gasteiger partial charge in [-0.15, -0.1) is 0 Å². The van der Waals surface area contributed by atoms with Crippen molar-refractivity contribution in [2.75, 3.05) is 42.5 Å². The molecule has 0 aromatic carbocycles. The van der Waals surface area contributed by atoms with Crippen LogP contribution in [-0.4, -0.2) is 62.4 Å². The Kier molecular flexibility index (Phi) is 3.91. The number of fused-ring (bicyclic) bond motifs is 1. The fourth-order valence-electron chi connectivity index (χ4n) is 2.99. The number of hydrogen-bond acceptors (Lipinski definition) is 8. The molecular weight excluding hydrogens is 306 g/mol. The average Bonchev–Trinajstić information content (AvgIpc) is 3.06. The van der Waals surface area contributed by atoms with Gasteiger partial charge < -0.3 is 15.5 Å². The number of piperazine rings is 1. The van der Waals surface area contributed by atoms with Crippen LogP contribution in [0, 0.1) is 0 Å². The van der Waals surface area contributed by atoms with Gasteiger partial charge in [-0.3, -0.25) is 0 Å². The molecule has 1 saturated heterocycles. The van der Waals surface area contributed by atoms with E-state index in [1.54, 1.807) is 18.7 Å². The highest BCUT2D eigenvalue weighted by atomic mass is 15.3. The van der Waals surface area contributed by atoms with Crippen molar-refractivity contribution in [3.63, 3.8) is 0 Å². The van der Waals surface area contributed by atoms with Gasteiger partial charge in [0.1, 0.15) is 12.1 Å². The molecule has 1 aliphatic heterocycles. The number of nitrogens with two attached hydrogens (primary N) is 1. The van der Waals surface area contributed by atoms with Gasteiger partial charge in [-0.25, -0.2) is 24.6 Å². The van der Waals surface area contributed by atoms with Gasteiger partial charge in [-0.1, -0.05) is 0 Å². The van der Waals surface area contributed by atoms with Crippen LogP contribution in [0.15, 0.2) is 31.0 Å². The first-order valence-corrected chi connectivity index (χ1v) is 8.00. The van der Waals surface area contributed by atoms with E-state index in [0.717, 1.165) is 49.0 Å². The number of hydrogen-bond donors (Lipinski definition) is 1. The predicted octanol–water partition coefficient (Wildman–Crippen LogP) is -0.0984. The normalized spacial score (nSPS) is 15.2. The quantitative estimate of drug-likeness (QED) is 0.709. The molecule has 2 N–H and O–H groups in total. The lowest BCUT2D eigenvalue weighted by Crippen LogP contribution is -2.47. The van der Waals surface area contributed by atoms with Crippen molar-refractivity contribution < 1.29 is 0 Å². The molecular formula is C15H19N9. The van der Waals surface area contributed by atoms with Gasteiger partial charge in [0.25, 0.3) is 0 Å². The Hall–Kier alpha value is -2.81. The van der Waals surface area contributed by atoms with Crippen LogP contribution in [0.1, 0.15) is 0 Å². The topological polar surface area (TPSA) is 102 Å². The van der Waals surface area contributed by atoms with Crippen LogP contribution in [-0.2, 0) is 6.54 Å². The van der Waals surface area contributed by atoms with Gasteiger partial charge in [0.15, 0.2) is 5.65 Å². The van der Waals surface area contributed by atoms with E-state index in [2.05, 4.69) is 34.8 Å². The number of aromatic nitrogens is 6. The molecule has 0 unspecified atom stereocenters. The summed E-state index contributed by atoms with van der Waals surface area (Å²) in [6.45, 7) is 4.60. The summed E-state index contributed by atoms with van der Waals surface area (Å²) in [4.78, 5) is 21.9. The molecule has 24 heavy (non-hydrogen) atoms. The highest BCUT2D eigenvalue weighted by molar-refractivity contribution is 5.86. The molecule has 0 saturated carbocycles. The van der Waals surface area contributed by atoms with Crippen LogP contribution in [0.4, 0.5) is 11.8 Å². The van der Waals surface area contributed by atoms with Crippen LogP contribution in [0.3, 0.4) is 0 Å². The van der Waals surface area contributed by atoms with Gasteiger partial charge in [-0.05, 0) is 6.07 Å². The molecule has 3 aromatic heterocycles. The van der Waals surface area contributed by atoms with E-state index in [0.29, 0.717) is 13.1 Å². The summed E-state index contributed by atoms with van der Waals surface area (Å²) in [7, 11) is 0. The number of rotatable bonds is 4. The summed E-state index contributed by atoms with van der Waals surface area (Å²) in [6.07, 6.45) is 6.97. The second-order valence-corrected chi connectivity index (χ2v) is 5.61. The summed E-state index contributed by atoms with van der Waals surface area (Å²) in [5.74, 6) is 1.71. The molecule has 9 nitrogen and oxygen atoms in total. The van der Waals surface area contributed by atoms with Gasteiger partial charge in [0.2, 0.25) is 5.95 Å². The molecule has 1 aliphatic rings. The van der Waals surface area contributed by atoms with Gasteiger partial charge in [0.05, 0.1) is 18.1 Å². The second kappa shape index (κ2) is 6.36. The number of nitrogens with zero attached hydrogens (tertiary/aromatic N) is 8. The summed E-state index contributed by atoms with van der Waals surface area (Å²) in [6, 6.07) is 1.83. The fourth-order valence-corrected chi connectivity index (χ4v) is 2.99. The zero-order valence-corrected chi connectivity index (χ0v) is 13.3. The van der Waals surface area contributed by atoms with E-state index in [4.69, 9.17) is 5.73 Å². The maximum atomic E-state index is 5.63. The highest BCUT2D eigenvalue weighted by Crippen LogP contribution is 2.24. The highest BCUT2D eigenvalue weighted by Gasteiger charge is 2.22. The van der Waals surface area contributed by atoms with Crippen molar-refractivity contribution in [2.45, 2.75) is 6.54 Å². The largest absolute Gasteiger partial charge is 0.352 e. The minimum absolute atomic E-state index is 0.534. The van der Waals surface area contributed by atoms with Crippen LogP contribution in [0.5, 0.6) is 0 Å². The Labute approximate surface area is 139 Å². The molecule has 0 radical (unpaired) electrons. The van der Waals surface area contributed by atoms with Crippen LogP contribution in [0.25, 0.3) is 11.0 Å². The average molecular weight is 325 g/mol. The van der Waals surface area contributed by atoms with Crippen molar-refractivity contribution in [1.29, 1.82) is 0 Å². The Bertz CT molecular complexity index is 808. The summed E-state index contributed by atoms with van der Waals surface area (Å²) in [5, 5.41) is 5.35. The summed E-state index contributed by atoms with van der Waals surface area (Å²) < 4.78 is 1.83. The Morgan fingerprint density at radius 1 is 0.958 bits per heavy atom. The van der Waals surface area contributed by atoms with Crippen LogP contribution in [0.2, 0.25) is 0 Å². The summed E-state index contributed by atoms with van der Waals surface area (Å²) in [5.41, 5.74) is 6.46. The molecule has 0 amide bonds. The molecule has 0 aliphatic carbocycles.